The summed E-state index contributed by atoms with van der Waals surface area (Å²) < 4.78 is 43.9. The van der Waals surface area contributed by atoms with Gasteiger partial charge in [0, 0.05) is 18.2 Å². The van der Waals surface area contributed by atoms with Crippen molar-refractivity contribution in [3.8, 4) is 0 Å². The molecule has 1 N–H and O–H groups in total. The molecule has 0 bridgehead atoms. The summed E-state index contributed by atoms with van der Waals surface area (Å²) in [6.45, 7) is 2.89. The number of aryl methyl sites for hydroxylation is 2. The summed E-state index contributed by atoms with van der Waals surface area (Å²) >= 11 is 0. The molecule has 4 rings (SSSR count). The van der Waals surface area contributed by atoms with E-state index in [4.69, 9.17) is 0 Å². The molecular weight excluding hydrogens is 415 g/mol. The van der Waals surface area contributed by atoms with Crippen LogP contribution in [0, 0.1) is 0 Å². The number of alkyl halides is 3. The molecule has 0 saturated carbocycles. The minimum atomic E-state index is -4.42. The van der Waals surface area contributed by atoms with Gasteiger partial charge in [0.15, 0.2) is 17.6 Å². The molecule has 0 spiro atoms. The molecule has 1 aromatic heterocycles. The molecule has 1 aliphatic rings. The second-order valence-corrected chi connectivity index (χ2v) is 8.51. The van der Waals surface area contributed by atoms with E-state index < -0.39 is 11.7 Å². The molecule has 4 nitrogen and oxygen atoms in total. The second-order valence-electron chi connectivity index (χ2n) is 8.51. The van der Waals surface area contributed by atoms with Gasteiger partial charge >= 0.3 is 6.18 Å². The number of fused-ring (bicyclic) bond motifs is 3. The maximum atomic E-state index is 13.4. The summed E-state index contributed by atoms with van der Waals surface area (Å²) in [6.07, 6.45) is 2.59. The van der Waals surface area contributed by atoms with Gasteiger partial charge in [0.2, 0.25) is 0 Å². The first-order chi connectivity index (χ1) is 15.4. The van der Waals surface area contributed by atoms with Crippen molar-refractivity contribution < 1.29 is 22.5 Å². The lowest BCUT2D eigenvalue weighted by molar-refractivity contribution is -0.678. The molecule has 0 fully saturated rings. The fraction of sp³-hybridized carbons (Fsp3) is 0.440. The molecule has 0 atom stereocenters. The summed E-state index contributed by atoms with van der Waals surface area (Å²) in [5, 5.41) is 2.90. The van der Waals surface area contributed by atoms with Gasteiger partial charge in [-0.3, -0.25) is 4.79 Å². The van der Waals surface area contributed by atoms with Crippen LogP contribution in [-0.2, 0) is 36.9 Å². The van der Waals surface area contributed by atoms with Crippen LogP contribution in [0.15, 0.2) is 42.5 Å². The Balaban J connectivity index is 1.62. The second kappa shape index (κ2) is 9.35. The van der Waals surface area contributed by atoms with Gasteiger partial charge in [-0.1, -0.05) is 25.5 Å². The molecule has 0 unspecified atom stereocenters. The topological polar surface area (TPSA) is 37.9 Å². The Labute approximate surface area is 186 Å². The monoisotopic (exact) mass is 444 g/mol. The van der Waals surface area contributed by atoms with E-state index >= 15 is 0 Å². The predicted molar refractivity (Wildman–Crippen MR) is 118 cm³/mol. The third-order valence-corrected chi connectivity index (χ3v) is 6.15. The normalized spacial score (nSPS) is 14.2. The van der Waals surface area contributed by atoms with E-state index in [0.29, 0.717) is 11.2 Å². The molecule has 0 aliphatic carbocycles. The molecule has 7 heteroatoms. The number of halogens is 3. The predicted octanol–water partition coefficient (Wildman–Crippen LogP) is 5.66. The van der Waals surface area contributed by atoms with Crippen LogP contribution >= 0.6 is 0 Å². The first-order valence-electron chi connectivity index (χ1n) is 11.4. The molecule has 2 aromatic carbocycles. The minimum Gasteiger partial charge on any atom is -0.323 e. The third kappa shape index (κ3) is 4.81. The highest BCUT2D eigenvalue weighted by atomic mass is 19.4. The summed E-state index contributed by atoms with van der Waals surface area (Å²) in [6, 6.07) is 11.6. The van der Waals surface area contributed by atoms with E-state index in [0.717, 1.165) is 68.9 Å². The first kappa shape index (κ1) is 22.4. The molecule has 0 radical (unpaired) electrons. The summed E-state index contributed by atoms with van der Waals surface area (Å²) in [4.78, 5) is 12.9. The SMILES string of the molecule is CCCCc1ccc(NC(=O)Cn2c3[n+](c4ccc(C(F)(F)F)cc42)CCCCC3)cc1. The Hall–Kier alpha value is -2.83. The van der Waals surface area contributed by atoms with Crippen molar-refractivity contribution >= 4 is 22.6 Å². The third-order valence-electron chi connectivity index (χ3n) is 6.15. The number of aromatic nitrogens is 2. The first-order valence-corrected chi connectivity index (χ1v) is 11.4. The van der Waals surface area contributed by atoms with Gasteiger partial charge in [-0.05, 0) is 61.9 Å². The number of imidazole rings is 1. The fourth-order valence-electron chi connectivity index (χ4n) is 4.47. The number of anilines is 1. The lowest BCUT2D eigenvalue weighted by Crippen LogP contribution is -2.37. The van der Waals surface area contributed by atoms with E-state index in [1.807, 2.05) is 24.3 Å². The zero-order chi connectivity index (χ0) is 22.7. The molecule has 170 valence electrons. The van der Waals surface area contributed by atoms with E-state index in [9.17, 15) is 18.0 Å². The van der Waals surface area contributed by atoms with Crippen molar-refractivity contribution in [2.24, 2.45) is 0 Å². The van der Waals surface area contributed by atoms with E-state index in [-0.39, 0.29) is 12.5 Å². The van der Waals surface area contributed by atoms with Crippen molar-refractivity contribution in [1.82, 2.24) is 4.57 Å². The number of hydrogen-bond donors (Lipinski definition) is 1. The van der Waals surface area contributed by atoms with E-state index in [1.54, 1.807) is 4.57 Å². The molecule has 2 heterocycles. The van der Waals surface area contributed by atoms with Crippen LogP contribution in [0.1, 0.15) is 56.0 Å². The molecular formula is C25H29F3N3O+. The van der Waals surface area contributed by atoms with Crippen LogP contribution in [0.25, 0.3) is 11.0 Å². The average molecular weight is 445 g/mol. The summed E-state index contributed by atoms with van der Waals surface area (Å²) in [5.41, 5.74) is 2.44. The van der Waals surface area contributed by atoms with Crippen molar-refractivity contribution in [3.63, 3.8) is 0 Å². The number of nitrogens with zero attached hydrogens (tertiary/aromatic N) is 2. The van der Waals surface area contributed by atoms with Gasteiger partial charge in [0.25, 0.3) is 11.7 Å². The number of unbranched alkanes of at least 4 members (excludes halogenated alkanes) is 1. The maximum Gasteiger partial charge on any atom is 0.416 e. The highest BCUT2D eigenvalue weighted by molar-refractivity contribution is 5.91. The van der Waals surface area contributed by atoms with Crippen molar-refractivity contribution in [2.45, 2.75) is 71.1 Å². The smallest absolute Gasteiger partial charge is 0.323 e. The van der Waals surface area contributed by atoms with Crippen LogP contribution in [0.2, 0.25) is 0 Å². The molecule has 1 aliphatic heterocycles. The lowest BCUT2D eigenvalue weighted by Gasteiger charge is -2.08. The Bertz CT molecular complexity index is 1100. The Kier molecular flexibility index (Phi) is 6.53. The number of carbonyl (C=O) groups is 1. The van der Waals surface area contributed by atoms with Crippen molar-refractivity contribution in [3.05, 3.63) is 59.4 Å². The standard InChI is InChI=1S/C25H28F3N3O/c1-2-3-7-18-9-12-20(13-10-18)29-23(32)17-31-22-16-19(25(26,27)28)11-14-21(22)30-15-6-4-5-8-24(30)31/h9-14,16H,2-8,15,17H2,1H3/p+1. The molecule has 0 saturated heterocycles. The Morgan fingerprint density at radius 2 is 1.88 bits per heavy atom. The fourth-order valence-corrected chi connectivity index (χ4v) is 4.47. The zero-order valence-corrected chi connectivity index (χ0v) is 18.3. The van der Waals surface area contributed by atoms with Gasteiger partial charge in [-0.15, -0.1) is 0 Å². The molecule has 3 aromatic rings. The quantitative estimate of drug-likeness (QED) is 0.490. The van der Waals surface area contributed by atoms with Gasteiger partial charge in [-0.25, -0.2) is 9.13 Å². The Morgan fingerprint density at radius 3 is 2.59 bits per heavy atom. The summed E-state index contributed by atoms with van der Waals surface area (Å²) in [7, 11) is 0. The van der Waals surface area contributed by atoms with E-state index in [1.165, 1.54) is 17.7 Å². The van der Waals surface area contributed by atoms with Gasteiger partial charge in [-0.2, -0.15) is 13.2 Å². The zero-order valence-electron chi connectivity index (χ0n) is 18.3. The highest BCUT2D eigenvalue weighted by Gasteiger charge is 2.34. The average Bonchev–Trinajstić information content (AvgIpc) is 2.91. The number of benzene rings is 2. The number of amides is 1. The molecule has 32 heavy (non-hydrogen) atoms. The van der Waals surface area contributed by atoms with Crippen LogP contribution in [0.4, 0.5) is 18.9 Å². The largest absolute Gasteiger partial charge is 0.416 e. The van der Waals surface area contributed by atoms with Gasteiger partial charge < -0.3 is 5.32 Å². The lowest BCUT2D eigenvalue weighted by atomic mass is 10.1. The number of nitrogens with one attached hydrogen (secondary N) is 1. The van der Waals surface area contributed by atoms with Crippen molar-refractivity contribution in [2.75, 3.05) is 5.32 Å². The number of hydrogen-bond acceptors (Lipinski definition) is 1. The maximum absolute atomic E-state index is 13.4. The Morgan fingerprint density at radius 1 is 1.09 bits per heavy atom. The van der Waals surface area contributed by atoms with Gasteiger partial charge in [0.1, 0.15) is 0 Å². The number of carbonyl (C=O) groups excluding carboxylic acids is 1. The van der Waals surface area contributed by atoms with Crippen LogP contribution in [0.5, 0.6) is 0 Å². The van der Waals surface area contributed by atoms with E-state index in [2.05, 4.69) is 16.8 Å². The number of rotatable bonds is 6. The molecule has 1 amide bonds. The minimum absolute atomic E-state index is 0.0161. The van der Waals surface area contributed by atoms with Crippen LogP contribution in [0.3, 0.4) is 0 Å². The van der Waals surface area contributed by atoms with Crippen molar-refractivity contribution in [1.29, 1.82) is 0 Å². The van der Waals surface area contributed by atoms with Gasteiger partial charge in [0.05, 0.1) is 12.1 Å². The van der Waals surface area contributed by atoms with Crippen LogP contribution in [-0.4, -0.2) is 10.5 Å². The summed E-state index contributed by atoms with van der Waals surface area (Å²) in [5.74, 6) is 0.676. The van der Waals surface area contributed by atoms with Crippen LogP contribution < -0.4 is 9.88 Å². The highest BCUT2D eigenvalue weighted by Crippen LogP contribution is 2.32.